The second kappa shape index (κ2) is 8.28. The van der Waals surface area contributed by atoms with Gasteiger partial charge in [0.1, 0.15) is 17.3 Å². The van der Waals surface area contributed by atoms with Crippen LogP contribution in [0.5, 0.6) is 11.5 Å². The van der Waals surface area contributed by atoms with Crippen molar-refractivity contribution in [3.05, 3.63) is 46.4 Å². The fourth-order valence-electron chi connectivity index (χ4n) is 3.30. The molecule has 0 fully saturated rings. The van der Waals surface area contributed by atoms with E-state index in [1.807, 2.05) is 13.8 Å². The maximum atomic E-state index is 11.8. The van der Waals surface area contributed by atoms with E-state index in [0.29, 0.717) is 11.1 Å². The molecule has 0 saturated carbocycles. The van der Waals surface area contributed by atoms with Crippen molar-refractivity contribution in [1.29, 1.82) is 0 Å². The van der Waals surface area contributed by atoms with Crippen molar-refractivity contribution in [2.24, 2.45) is 11.5 Å². The second-order valence-corrected chi connectivity index (χ2v) is 7.59. The van der Waals surface area contributed by atoms with Crippen molar-refractivity contribution < 1.29 is 34.3 Å². The topological polar surface area (TPSA) is 194 Å². The number of carbonyl (C=O) groups is 2. The summed E-state index contributed by atoms with van der Waals surface area (Å²) >= 11 is 0. The molecule has 3 rings (SSSR count). The minimum absolute atomic E-state index is 0.00398. The lowest BCUT2D eigenvalue weighted by atomic mass is 9.95. The summed E-state index contributed by atoms with van der Waals surface area (Å²) in [6, 6.07) is 2.97. The number of hydrogen-bond acceptors (Lipinski definition) is 9. The number of aliphatic hydroxyl groups is 1. The molecule has 0 radical (unpaired) electrons. The summed E-state index contributed by atoms with van der Waals surface area (Å²) in [6.45, 7) is 3.14. The summed E-state index contributed by atoms with van der Waals surface area (Å²) in [5.74, 6) is -1.64. The van der Waals surface area contributed by atoms with Gasteiger partial charge in [0, 0.05) is 12.5 Å². The van der Waals surface area contributed by atoms with Crippen LogP contribution < -0.4 is 16.9 Å². The van der Waals surface area contributed by atoms with Crippen molar-refractivity contribution in [3.63, 3.8) is 0 Å². The van der Waals surface area contributed by atoms with Crippen LogP contribution in [-0.4, -0.2) is 44.4 Å². The minimum atomic E-state index is -1.68. The zero-order valence-electron chi connectivity index (χ0n) is 17.0. The Morgan fingerprint density at radius 3 is 2.45 bits per heavy atom. The number of aromatic nitrogens is 1. The van der Waals surface area contributed by atoms with Crippen LogP contribution in [0.15, 0.2) is 22.7 Å². The summed E-state index contributed by atoms with van der Waals surface area (Å²) in [4.78, 5) is 28.9. The van der Waals surface area contributed by atoms with Crippen LogP contribution in [0.4, 0.5) is 0 Å². The molecule has 11 heteroatoms. The lowest BCUT2D eigenvalue weighted by Crippen LogP contribution is -2.53. The van der Waals surface area contributed by atoms with Gasteiger partial charge < -0.3 is 36.1 Å². The quantitative estimate of drug-likeness (QED) is 0.337. The molecule has 1 unspecified atom stereocenters. The highest BCUT2D eigenvalue weighted by molar-refractivity contribution is 5.97. The van der Waals surface area contributed by atoms with Gasteiger partial charge in [-0.3, -0.25) is 9.59 Å². The highest BCUT2D eigenvalue weighted by atomic mass is 16.7. The fourth-order valence-corrected chi connectivity index (χ4v) is 3.30. The monoisotopic (exact) mass is 432 g/mol. The van der Waals surface area contributed by atoms with Gasteiger partial charge in [0.25, 0.3) is 5.91 Å². The van der Waals surface area contributed by atoms with Crippen LogP contribution in [-0.2, 0) is 22.5 Å². The lowest BCUT2D eigenvalue weighted by Gasteiger charge is -2.18. The molecule has 0 bridgehead atoms. The molecular weight excluding hydrogens is 408 g/mol. The van der Waals surface area contributed by atoms with E-state index in [0.717, 1.165) is 0 Å². The zero-order chi connectivity index (χ0) is 22.9. The number of aryl methyl sites for hydroxylation is 2. The number of hydroxylamine groups is 1. The van der Waals surface area contributed by atoms with Gasteiger partial charge in [-0.25, -0.2) is 0 Å². The van der Waals surface area contributed by atoms with Crippen molar-refractivity contribution in [2.75, 3.05) is 6.61 Å². The van der Waals surface area contributed by atoms with Crippen molar-refractivity contribution in [1.82, 2.24) is 10.6 Å². The Hall–Kier alpha value is -3.57. The molecule has 1 aromatic carbocycles. The molecule has 0 aliphatic carbocycles. The molecule has 1 aliphatic rings. The first kappa shape index (κ1) is 22.1. The lowest BCUT2D eigenvalue weighted by molar-refractivity contribution is -0.126. The maximum absolute atomic E-state index is 11.8. The predicted octanol–water partition coefficient (Wildman–Crippen LogP) is 0.185. The van der Waals surface area contributed by atoms with Gasteiger partial charge >= 0.3 is 0 Å². The van der Waals surface area contributed by atoms with Crippen LogP contribution in [0.2, 0.25) is 0 Å². The van der Waals surface area contributed by atoms with Crippen LogP contribution >= 0.6 is 0 Å². The van der Waals surface area contributed by atoms with Crippen LogP contribution in [0.25, 0.3) is 5.76 Å². The number of nitrogens with zero attached hydrogens (tertiary/aromatic N) is 1. The number of primary amides is 2. The van der Waals surface area contributed by atoms with Crippen LogP contribution in [0, 0.1) is 0 Å². The number of rotatable bonds is 8. The second-order valence-electron chi connectivity index (χ2n) is 7.59. The Morgan fingerprint density at radius 2 is 1.90 bits per heavy atom. The van der Waals surface area contributed by atoms with Crippen molar-refractivity contribution >= 4 is 17.6 Å². The third-order valence-corrected chi connectivity index (χ3v) is 5.12. The van der Waals surface area contributed by atoms with E-state index in [2.05, 4.69) is 10.6 Å². The van der Waals surface area contributed by atoms with E-state index in [4.69, 9.17) is 20.8 Å². The Balaban J connectivity index is 1.96. The standard InChI is InChI=1S/C20H24N4O7/c1-9(2)11-5-10(12(26)6-13(11)27)3-4-14-16(17(18(21)28)23-30-14)15-7-20(8-25,19(22)29)24-31-15/h5-7,9,24-27H,3-4,8H2,1-2H3,(H2,21,28)(H2,22,29). The summed E-state index contributed by atoms with van der Waals surface area (Å²) in [5, 5.41) is 33.5. The molecule has 11 nitrogen and oxygen atoms in total. The normalized spacial score (nSPS) is 18.1. The maximum Gasteiger partial charge on any atom is 0.271 e. The number of amides is 2. The first-order valence-electron chi connectivity index (χ1n) is 9.50. The van der Waals surface area contributed by atoms with Gasteiger partial charge in [-0.05, 0) is 35.6 Å². The molecule has 2 heterocycles. The molecule has 1 atom stereocenters. The SMILES string of the molecule is CC(C)c1cc(CCc2onc(C(N)=O)c2C2=CC(CO)(C(N)=O)NO2)c(O)cc1O. The van der Waals surface area contributed by atoms with Gasteiger partial charge in [0.2, 0.25) is 5.91 Å². The van der Waals surface area contributed by atoms with Gasteiger partial charge in [-0.1, -0.05) is 19.0 Å². The zero-order valence-corrected chi connectivity index (χ0v) is 17.0. The fraction of sp³-hybridized carbons (Fsp3) is 0.350. The van der Waals surface area contributed by atoms with E-state index in [1.54, 1.807) is 6.07 Å². The molecule has 0 spiro atoms. The first-order valence-corrected chi connectivity index (χ1v) is 9.50. The van der Waals surface area contributed by atoms with E-state index in [-0.39, 0.29) is 53.0 Å². The molecule has 1 aromatic heterocycles. The van der Waals surface area contributed by atoms with Crippen LogP contribution in [0.1, 0.15) is 52.7 Å². The number of phenolic OH excluding ortho intramolecular Hbond substituents is 2. The van der Waals surface area contributed by atoms with E-state index in [1.165, 1.54) is 12.1 Å². The predicted molar refractivity (Wildman–Crippen MR) is 107 cm³/mol. The molecule has 166 valence electrons. The molecular formula is C20H24N4O7. The van der Waals surface area contributed by atoms with Crippen molar-refractivity contribution in [3.8, 4) is 11.5 Å². The summed E-state index contributed by atoms with van der Waals surface area (Å²) < 4.78 is 5.29. The molecule has 8 N–H and O–H groups in total. The highest BCUT2D eigenvalue weighted by Crippen LogP contribution is 2.35. The molecule has 0 saturated heterocycles. The van der Waals surface area contributed by atoms with Gasteiger partial charge in [0.05, 0.1) is 12.2 Å². The Bertz CT molecular complexity index is 1060. The number of nitrogens with one attached hydrogen (secondary N) is 1. The number of nitrogens with two attached hydrogens (primary N) is 2. The number of benzene rings is 1. The van der Waals surface area contributed by atoms with E-state index in [9.17, 15) is 24.9 Å². The van der Waals surface area contributed by atoms with Crippen LogP contribution in [0.3, 0.4) is 0 Å². The summed E-state index contributed by atoms with van der Waals surface area (Å²) in [7, 11) is 0. The summed E-state index contributed by atoms with van der Waals surface area (Å²) in [6.07, 6.45) is 1.68. The average Bonchev–Trinajstić information content (AvgIpc) is 3.31. The number of aromatic hydroxyl groups is 2. The first-order chi connectivity index (χ1) is 14.6. The highest BCUT2D eigenvalue weighted by Gasteiger charge is 2.42. The van der Waals surface area contributed by atoms with Crippen molar-refractivity contribution in [2.45, 2.75) is 38.1 Å². The van der Waals surface area contributed by atoms with Gasteiger partial charge in [-0.15, -0.1) is 5.48 Å². The molecule has 1 aliphatic heterocycles. The Morgan fingerprint density at radius 1 is 1.19 bits per heavy atom. The number of aliphatic hydroxyl groups excluding tert-OH is 1. The summed E-state index contributed by atoms with van der Waals surface area (Å²) in [5.41, 5.74) is 12.5. The Labute approximate surface area is 177 Å². The van der Waals surface area contributed by atoms with Gasteiger partial charge in [0.15, 0.2) is 17.0 Å². The third-order valence-electron chi connectivity index (χ3n) is 5.12. The number of hydrogen-bond donors (Lipinski definition) is 6. The smallest absolute Gasteiger partial charge is 0.271 e. The third kappa shape index (κ3) is 4.05. The molecule has 31 heavy (non-hydrogen) atoms. The largest absolute Gasteiger partial charge is 0.508 e. The molecule has 2 amide bonds. The van der Waals surface area contributed by atoms with E-state index < -0.39 is 24.0 Å². The number of carbonyl (C=O) groups excluding carboxylic acids is 2. The number of phenols is 2. The average molecular weight is 432 g/mol. The minimum Gasteiger partial charge on any atom is -0.508 e. The Kier molecular flexibility index (Phi) is 5.91. The van der Waals surface area contributed by atoms with Gasteiger partial charge in [-0.2, -0.15) is 0 Å². The molecule has 2 aromatic rings. The van der Waals surface area contributed by atoms with E-state index >= 15 is 0 Å².